The van der Waals surface area contributed by atoms with E-state index >= 15 is 0 Å². The molecule has 1 amide bonds. The molecule has 3 aromatic rings. The van der Waals surface area contributed by atoms with Crippen molar-refractivity contribution in [3.63, 3.8) is 0 Å². The number of carbonyl (C=O) groups excluding carboxylic acids is 1. The van der Waals surface area contributed by atoms with Gasteiger partial charge in [0.15, 0.2) is 0 Å². The number of aryl methyl sites for hydroxylation is 2. The number of likely N-dealkylation sites (tertiary alicyclic amines) is 1. The Kier molecular flexibility index (Phi) is 3.80. The standard InChI is InChI=1S/C18H21N5O/c1-13-8-10-19-23(13)12-9-17(24)22-11-4-7-16(22)18-20-14-5-2-3-6-15(14)21-18/h2-3,5-6,8,10,16H,4,7,9,11-12H2,1H3,(H,20,21)/t16-/m1/s1. The van der Waals surface area contributed by atoms with Gasteiger partial charge in [-0.15, -0.1) is 0 Å². The molecule has 1 saturated heterocycles. The molecule has 1 aromatic carbocycles. The number of imidazole rings is 1. The number of benzene rings is 1. The van der Waals surface area contributed by atoms with Crippen LogP contribution in [0.5, 0.6) is 0 Å². The van der Waals surface area contributed by atoms with Crippen molar-refractivity contribution in [2.24, 2.45) is 0 Å². The van der Waals surface area contributed by atoms with Crippen molar-refractivity contribution < 1.29 is 4.79 Å². The third-order valence-corrected chi connectivity index (χ3v) is 4.76. The van der Waals surface area contributed by atoms with Crippen molar-refractivity contribution in [1.82, 2.24) is 24.6 Å². The molecule has 1 fully saturated rings. The van der Waals surface area contributed by atoms with E-state index < -0.39 is 0 Å². The van der Waals surface area contributed by atoms with E-state index in [1.807, 2.05) is 46.8 Å². The molecule has 4 rings (SSSR count). The summed E-state index contributed by atoms with van der Waals surface area (Å²) in [5, 5.41) is 4.25. The zero-order valence-corrected chi connectivity index (χ0v) is 13.8. The molecular formula is C18H21N5O. The smallest absolute Gasteiger partial charge is 0.225 e. The van der Waals surface area contributed by atoms with Crippen LogP contribution in [0.2, 0.25) is 0 Å². The number of hydrogen-bond donors (Lipinski definition) is 1. The largest absolute Gasteiger partial charge is 0.340 e. The zero-order valence-electron chi connectivity index (χ0n) is 13.8. The van der Waals surface area contributed by atoms with Crippen molar-refractivity contribution >= 4 is 16.9 Å². The van der Waals surface area contributed by atoms with Gasteiger partial charge in [-0.2, -0.15) is 5.10 Å². The molecular weight excluding hydrogens is 302 g/mol. The molecule has 0 radical (unpaired) electrons. The number of para-hydroxylation sites is 2. The summed E-state index contributed by atoms with van der Waals surface area (Å²) in [6.07, 6.45) is 4.23. The molecule has 1 atom stereocenters. The predicted octanol–water partition coefficient (Wildman–Crippen LogP) is 2.82. The fourth-order valence-electron chi connectivity index (χ4n) is 3.46. The molecule has 0 aliphatic carbocycles. The number of hydrogen-bond acceptors (Lipinski definition) is 3. The minimum Gasteiger partial charge on any atom is -0.340 e. The highest BCUT2D eigenvalue weighted by molar-refractivity contribution is 5.78. The molecule has 24 heavy (non-hydrogen) atoms. The zero-order chi connectivity index (χ0) is 16.5. The van der Waals surface area contributed by atoms with Crippen LogP contribution < -0.4 is 0 Å². The van der Waals surface area contributed by atoms with Gasteiger partial charge in [0.2, 0.25) is 5.91 Å². The maximum atomic E-state index is 12.7. The Hall–Kier alpha value is -2.63. The summed E-state index contributed by atoms with van der Waals surface area (Å²) in [7, 11) is 0. The van der Waals surface area contributed by atoms with E-state index in [0.717, 1.165) is 41.9 Å². The summed E-state index contributed by atoms with van der Waals surface area (Å²) in [4.78, 5) is 22.7. The molecule has 6 heteroatoms. The third-order valence-electron chi connectivity index (χ3n) is 4.76. The number of fused-ring (bicyclic) bond motifs is 1. The normalized spacial score (nSPS) is 17.7. The Morgan fingerprint density at radius 3 is 3.00 bits per heavy atom. The Labute approximate surface area is 140 Å². The highest BCUT2D eigenvalue weighted by Gasteiger charge is 2.31. The van der Waals surface area contributed by atoms with Gasteiger partial charge in [0.25, 0.3) is 0 Å². The van der Waals surface area contributed by atoms with Crippen LogP contribution in [0.25, 0.3) is 11.0 Å². The molecule has 3 heterocycles. The fourth-order valence-corrected chi connectivity index (χ4v) is 3.46. The van der Waals surface area contributed by atoms with Gasteiger partial charge < -0.3 is 9.88 Å². The fraction of sp³-hybridized carbons (Fsp3) is 0.389. The number of aromatic nitrogens is 4. The van der Waals surface area contributed by atoms with Crippen molar-refractivity contribution in [2.45, 2.75) is 38.8 Å². The van der Waals surface area contributed by atoms with Gasteiger partial charge in [-0.05, 0) is 38.0 Å². The number of rotatable bonds is 4. The van der Waals surface area contributed by atoms with Crippen molar-refractivity contribution in [3.05, 3.63) is 48.0 Å². The van der Waals surface area contributed by atoms with Crippen LogP contribution in [-0.4, -0.2) is 37.1 Å². The third kappa shape index (κ3) is 2.68. The number of H-pyrrole nitrogens is 1. The van der Waals surface area contributed by atoms with Gasteiger partial charge in [-0.25, -0.2) is 4.98 Å². The molecule has 1 N–H and O–H groups in total. The van der Waals surface area contributed by atoms with Crippen LogP contribution in [0.15, 0.2) is 36.5 Å². The Balaban J connectivity index is 1.49. The van der Waals surface area contributed by atoms with Gasteiger partial charge in [0.05, 0.1) is 17.1 Å². The van der Waals surface area contributed by atoms with Crippen molar-refractivity contribution in [2.75, 3.05) is 6.54 Å². The van der Waals surface area contributed by atoms with Gasteiger partial charge in [0.1, 0.15) is 5.82 Å². The quantitative estimate of drug-likeness (QED) is 0.803. The lowest BCUT2D eigenvalue weighted by Crippen LogP contribution is -2.31. The van der Waals surface area contributed by atoms with E-state index in [1.54, 1.807) is 6.20 Å². The predicted molar refractivity (Wildman–Crippen MR) is 91.4 cm³/mol. The first-order chi connectivity index (χ1) is 11.7. The first-order valence-corrected chi connectivity index (χ1v) is 8.45. The second kappa shape index (κ2) is 6.11. The van der Waals surface area contributed by atoms with Crippen LogP contribution in [0.4, 0.5) is 0 Å². The average Bonchev–Trinajstić information content (AvgIpc) is 3.31. The number of nitrogens with zero attached hydrogens (tertiary/aromatic N) is 4. The lowest BCUT2D eigenvalue weighted by Gasteiger charge is -2.23. The Morgan fingerprint density at radius 1 is 1.33 bits per heavy atom. The highest BCUT2D eigenvalue weighted by Crippen LogP contribution is 2.31. The Morgan fingerprint density at radius 2 is 2.21 bits per heavy atom. The minimum absolute atomic E-state index is 0.0589. The monoisotopic (exact) mass is 323 g/mol. The van der Waals surface area contributed by atoms with E-state index in [2.05, 4.69) is 15.1 Å². The van der Waals surface area contributed by atoms with E-state index in [-0.39, 0.29) is 11.9 Å². The molecule has 0 spiro atoms. The molecule has 0 saturated carbocycles. The first-order valence-electron chi connectivity index (χ1n) is 8.45. The summed E-state index contributed by atoms with van der Waals surface area (Å²) in [5.74, 6) is 1.07. The lowest BCUT2D eigenvalue weighted by molar-refractivity contribution is -0.132. The minimum atomic E-state index is 0.0589. The van der Waals surface area contributed by atoms with E-state index in [9.17, 15) is 4.79 Å². The van der Waals surface area contributed by atoms with Gasteiger partial charge in [-0.1, -0.05) is 12.1 Å². The summed E-state index contributed by atoms with van der Waals surface area (Å²) in [5.41, 5.74) is 3.07. The van der Waals surface area contributed by atoms with E-state index in [1.165, 1.54) is 0 Å². The molecule has 1 aliphatic rings. The van der Waals surface area contributed by atoms with Crippen LogP contribution in [0, 0.1) is 6.92 Å². The molecule has 124 valence electrons. The number of carbonyl (C=O) groups is 1. The maximum Gasteiger partial charge on any atom is 0.225 e. The number of amides is 1. The molecule has 0 unspecified atom stereocenters. The second-order valence-corrected chi connectivity index (χ2v) is 6.33. The number of nitrogens with one attached hydrogen (secondary N) is 1. The van der Waals surface area contributed by atoms with Gasteiger partial charge in [0, 0.05) is 31.4 Å². The molecule has 1 aliphatic heterocycles. The maximum absolute atomic E-state index is 12.7. The van der Waals surface area contributed by atoms with Crippen molar-refractivity contribution in [3.8, 4) is 0 Å². The van der Waals surface area contributed by atoms with E-state index in [4.69, 9.17) is 0 Å². The lowest BCUT2D eigenvalue weighted by atomic mass is 10.2. The number of aromatic amines is 1. The first kappa shape index (κ1) is 14.9. The second-order valence-electron chi connectivity index (χ2n) is 6.33. The summed E-state index contributed by atoms with van der Waals surface area (Å²) in [6, 6.07) is 10.0. The van der Waals surface area contributed by atoms with Crippen LogP contribution in [0.3, 0.4) is 0 Å². The van der Waals surface area contributed by atoms with Crippen LogP contribution in [-0.2, 0) is 11.3 Å². The SMILES string of the molecule is Cc1ccnn1CCC(=O)N1CCC[C@@H]1c1nc2ccccc2[nH]1. The van der Waals surface area contributed by atoms with Crippen molar-refractivity contribution in [1.29, 1.82) is 0 Å². The average molecular weight is 323 g/mol. The summed E-state index contributed by atoms with van der Waals surface area (Å²) in [6.45, 7) is 3.43. The van der Waals surface area contributed by atoms with E-state index in [0.29, 0.717) is 13.0 Å². The van der Waals surface area contributed by atoms with Crippen LogP contribution >= 0.6 is 0 Å². The summed E-state index contributed by atoms with van der Waals surface area (Å²) < 4.78 is 1.88. The Bertz CT molecular complexity index is 832. The topological polar surface area (TPSA) is 66.8 Å². The molecule has 2 aromatic heterocycles. The van der Waals surface area contributed by atoms with Gasteiger partial charge in [-0.3, -0.25) is 9.48 Å². The van der Waals surface area contributed by atoms with Crippen LogP contribution in [0.1, 0.15) is 36.8 Å². The highest BCUT2D eigenvalue weighted by atomic mass is 16.2. The molecule has 6 nitrogen and oxygen atoms in total. The summed E-state index contributed by atoms with van der Waals surface area (Å²) >= 11 is 0. The molecule has 0 bridgehead atoms. The van der Waals surface area contributed by atoms with Gasteiger partial charge >= 0.3 is 0 Å².